The predicted octanol–water partition coefficient (Wildman–Crippen LogP) is 3.45. The van der Waals surface area contributed by atoms with Gasteiger partial charge in [-0.15, -0.1) is 0 Å². The SMILES string of the molecule is COc1cc(N2CCOCC2)c(N)cc1Nc1nccc(-c2cc3n(n2)-c2ccccc2N(C)C3)n1. The molecule has 36 heavy (non-hydrogen) atoms. The van der Waals surface area contributed by atoms with E-state index in [0.29, 0.717) is 36.3 Å². The van der Waals surface area contributed by atoms with Gasteiger partial charge in [-0.2, -0.15) is 5.10 Å². The highest BCUT2D eigenvalue weighted by Gasteiger charge is 2.22. The van der Waals surface area contributed by atoms with Crippen LogP contribution in [0.3, 0.4) is 0 Å². The standard InChI is InChI=1S/C26H28N8O2/c1-32-16-17-13-20(31-34(17)23-6-4-3-5-22(23)32)19-7-8-28-26(29-19)30-21-14-18(27)24(15-25(21)35-2)33-9-11-36-12-10-33/h3-8,13-15H,9-12,16,27H2,1-2H3,(H,28,29,30). The van der Waals surface area contributed by atoms with Crippen molar-refractivity contribution >= 4 is 28.7 Å². The first kappa shape index (κ1) is 22.2. The molecule has 0 amide bonds. The van der Waals surface area contributed by atoms with E-state index < -0.39 is 0 Å². The average molecular weight is 485 g/mol. The summed E-state index contributed by atoms with van der Waals surface area (Å²) in [5.74, 6) is 1.10. The first-order valence-corrected chi connectivity index (χ1v) is 11.9. The number of anilines is 5. The number of nitrogens with one attached hydrogen (secondary N) is 1. The maximum atomic E-state index is 6.42. The molecule has 1 fully saturated rings. The number of aromatic nitrogens is 4. The van der Waals surface area contributed by atoms with Crippen molar-refractivity contribution in [3.63, 3.8) is 0 Å². The molecule has 0 radical (unpaired) electrons. The normalized spacial score (nSPS) is 14.8. The largest absolute Gasteiger partial charge is 0.494 e. The molecule has 10 nitrogen and oxygen atoms in total. The number of methoxy groups -OCH3 is 1. The molecule has 0 aliphatic carbocycles. The number of hydrogen-bond donors (Lipinski definition) is 2. The summed E-state index contributed by atoms with van der Waals surface area (Å²) in [4.78, 5) is 13.6. The van der Waals surface area contributed by atoms with E-state index in [4.69, 9.17) is 25.3 Å². The minimum atomic E-state index is 0.438. The first-order valence-electron chi connectivity index (χ1n) is 11.9. The molecule has 3 N–H and O–H groups in total. The van der Waals surface area contributed by atoms with Crippen molar-refractivity contribution in [2.75, 3.05) is 61.3 Å². The van der Waals surface area contributed by atoms with Gasteiger partial charge in [0.25, 0.3) is 0 Å². The molecule has 4 aromatic rings. The average Bonchev–Trinajstić information content (AvgIpc) is 3.34. The van der Waals surface area contributed by atoms with E-state index in [-0.39, 0.29) is 0 Å². The van der Waals surface area contributed by atoms with E-state index in [9.17, 15) is 0 Å². The minimum absolute atomic E-state index is 0.438. The molecule has 184 valence electrons. The van der Waals surface area contributed by atoms with Crippen molar-refractivity contribution < 1.29 is 9.47 Å². The topological polar surface area (TPSA) is 107 Å². The third kappa shape index (κ3) is 3.95. The van der Waals surface area contributed by atoms with E-state index in [1.54, 1.807) is 13.3 Å². The van der Waals surface area contributed by atoms with Crippen LogP contribution in [0.5, 0.6) is 5.75 Å². The molecular weight excluding hydrogens is 456 g/mol. The zero-order chi connectivity index (χ0) is 24.6. The van der Waals surface area contributed by atoms with Crippen molar-refractivity contribution in [2.24, 2.45) is 0 Å². The van der Waals surface area contributed by atoms with Gasteiger partial charge in [-0.25, -0.2) is 14.6 Å². The number of benzene rings is 2. The smallest absolute Gasteiger partial charge is 0.227 e. The minimum Gasteiger partial charge on any atom is -0.494 e. The molecule has 0 unspecified atom stereocenters. The van der Waals surface area contributed by atoms with Crippen LogP contribution in [0.25, 0.3) is 17.1 Å². The van der Waals surface area contributed by atoms with Crippen LogP contribution in [0.4, 0.5) is 28.7 Å². The fraction of sp³-hybridized carbons (Fsp3) is 0.269. The number of ether oxygens (including phenoxy) is 2. The van der Waals surface area contributed by atoms with Crippen molar-refractivity contribution in [1.82, 2.24) is 19.7 Å². The molecule has 2 aliphatic rings. The quantitative estimate of drug-likeness (QED) is 0.412. The summed E-state index contributed by atoms with van der Waals surface area (Å²) in [5, 5.41) is 8.14. The Morgan fingerprint density at radius 1 is 1.00 bits per heavy atom. The van der Waals surface area contributed by atoms with Crippen LogP contribution in [0, 0.1) is 0 Å². The molecular formula is C26H28N8O2. The van der Waals surface area contributed by atoms with Crippen molar-refractivity contribution in [2.45, 2.75) is 6.54 Å². The summed E-state index contributed by atoms with van der Waals surface area (Å²) < 4.78 is 13.1. The fourth-order valence-corrected chi connectivity index (χ4v) is 4.77. The molecule has 1 saturated heterocycles. The van der Waals surface area contributed by atoms with E-state index in [1.807, 2.05) is 35.0 Å². The molecule has 2 aromatic carbocycles. The van der Waals surface area contributed by atoms with Gasteiger partial charge in [0.1, 0.15) is 11.4 Å². The Morgan fingerprint density at radius 3 is 2.61 bits per heavy atom. The summed E-state index contributed by atoms with van der Waals surface area (Å²) in [5.41, 5.74) is 13.5. The second-order valence-corrected chi connectivity index (χ2v) is 8.88. The van der Waals surface area contributed by atoms with Gasteiger partial charge in [-0.1, -0.05) is 12.1 Å². The third-order valence-electron chi connectivity index (χ3n) is 6.57. The third-order valence-corrected chi connectivity index (χ3v) is 6.57. The monoisotopic (exact) mass is 484 g/mol. The van der Waals surface area contributed by atoms with E-state index in [2.05, 4.69) is 45.3 Å². The highest BCUT2D eigenvalue weighted by molar-refractivity contribution is 5.79. The molecule has 2 aromatic heterocycles. The van der Waals surface area contributed by atoms with Crippen LogP contribution in [0.2, 0.25) is 0 Å². The lowest BCUT2D eigenvalue weighted by Gasteiger charge is -2.30. The van der Waals surface area contributed by atoms with Crippen LogP contribution in [-0.2, 0) is 11.3 Å². The number of morpholine rings is 1. The van der Waals surface area contributed by atoms with Gasteiger partial charge in [0.15, 0.2) is 0 Å². The van der Waals surface area contributed by atoms with E-state index in [0.717, 1.165) is 53.8 Å². The highest BCUT2D eigenvalue weighted by atomic mass is 16.5. The van der Waals surface area contributed by atoms with Crippen LogP contribution < -0.4 is 25.6 Å². The van der Waals surface area contributed by atoms with Gasteiger partial charge in [-0.3, -0.25) is 0 Å². The Labute approximate surface area is 209 Å². The zero-order valence-corrected chi connectivity index (χ0v) is 20.3. The van der Waals surface area contributed by atoms with Crippen LogP contribution in [0.1, 0.15) is 5.69 Å². The second-order valence-electron chi connectivity index (χ2n) is 8.88. The van der Waals surface area contributed by atoms with E-state index in [1.165, 1.54) is 0 Å². The number of hydrogen-bond acceptors (Lipinski definition) is 9. The van der Waals surface area contributed by atoms with Gasteiger partial charge in [0, 0.05) is 32.4 Å². The summed E-state index contributed by atoms with van der Waals surface area (Å²) in [7, 11) is 3.73. The summed E-state index contributed by atoms with van der Waals surface area (Å²) in [6.45, 7) is 3.72. The number of nitrogens with zero attached hydrogens (tertiary/aromatic N) is 6. The fourth-order valence-electron chi connectivity index (χ4n) is 4.77. The lowest BCUT2D eigenvalue weighted by Crippen LogP contribution is -2.36. The Morgan fingerprint density at radius 2 is 1.81 bits per heavy atom. The molecule has 0 bridgehead atoms. The Hall–Kier alpha value is -4.31. The number of para-hydroxylation sites is 2. The van der Waals surface area contributed by atoms with Gasteiger partial charge in [-0.05, 0) is 30.3 Å². The molecule has 0 saturated carbocycles. The number of nitrogens with two attached hydrogens (primary N) is 1. The van der Waals surface area contributed by atoms with Crippen LogP contribution >= 0.6 is 0 Å². The van der Waals surface area contributed by atoms with Gasteiger partial charge < -0.3 is 30.3 Å². The number of rotatable bonds is 5. The summed E-state index contributed by atoms with van der Waals surface area (Å²) in [6.07, 6.45) is 1.72. The first-order chi connectivity index (χ1) is 17.6. The van der Waals surface area contributed by atoms with Crippen molar-refractivity contribution in [3.05, 3.63) is 60.4 Å². The zero-order valence-electron chi connectivity index (χ0n) is 20.3. The molecule has 4 heterocycles. The molecule has 0 atom stereocenters. The van der Waals surface area contributed by atoms with Crippen molar-refractivity contribution in [3.8, 4) is 22.8 Å². The maximum absolute atomic E-state index is 6.42. The molecule has 10 heteroatoms. The van der Waals surface area contributed by atoms with Gasteiger partial charge in [0.2, 0.25) is 5.95 Å². The van der Waals surface area contributed by atoms with Gasteiger partial charge in [0.05, 0.1) is 66.7 Å². The molecule has 2 aliphatic heterocycles. The van der Waals surface area contributed by atoms with E-state index >= 15 is 0 Å². The van der Waals surface area contributed by atoms with Crippen LogP contribution in [0.15, 0.2) is 54.7 Å². The Kier molecular flexibility index (Phi) is 5.57. The molecule has 6 rings (SSSR count). The van der Waals surface area contributed by atoms with Crippen LogP contribution in [-0.4, -0.2) is 60.2 Å². The second kappa shape index (κ2) is 9.04. The highest BCUT2D eigenvalue weighted by Crippen LogP contribution is 2.37. The molecule has 0 spiro atoms. The lowest BCUT2D eigenvalue weighted by molar-refractivity contribution is 0.123. The lowest BCUT2D eigenvalue weighted by atomic mass is 10.2. The number of fused-ring (bicyclic) bond motifs is 3. The maximum Gasteiger partial charge on any atom is 0.227 e. The Bertz CT molecular complexity index is 1410. The predicted molar refractivity (Wildman–Crippen MR) is 140 cm³/mol. The summed E-state index contributed by atoms with van der Waals surface area (Å²) >= 11 is 0. The van der Waals surface area contributed by atoms with Gasteiger partial charge >= 0.3 is 0 Å². The number of nitrogen functional groups attached to an aromatic ring is 1. The summed E-state index contributed by atoms with van der Waals surface area (Å²) in [6, 6.07) is 16.0. The van der Waals surface area contributed by atoms with Crippen molar-refractivity contribution in [1.29, 1.82) is 0 Å². The Balaban J connectivity index is 1.30.